The van der Waals surface area contributed by atoms with E-state index in [9.17, 15) is 0 Å². The maximum atomic E-state index is 3.49. The minimum atomic E-state index is 0.769. The molecular weight excluding hydrogens is 178 g/mol. The molecule has 78 valence electrons. The lowest BCUT2D eigenvalue weighted by molar-refractivity contribution is 0.456. The quantitative estimate of drug-likeness (QED) is 0.734. The van der Waals surface area contributed by atoms with Crippen molar-refractivity contribution in [1.82, 2.24) is 5.32 Å². The van der Waals surface area contributed by atoms with Gasteiger partial charge in [0, 0.05) is 11.3 Å². The van der Waals surface area contributed by atoms with Crippen molar-refractivity contribution >= 4 is 11.8 Å². The van der Waals surface area contributed by atoms with Crippen LogP contribution in [0.5, 0.6) is 0 Å². The van der Waals surface area contributed by atoms with Crippen LogP contribution in [0.3, 0.4) is 0 Å². The Kier molecular flexibility index (Phi) is 5.88. The highest BCUT2D eigenvalue weighted by Gasteiger charge is 2.21. The molecule has 0 saturated carbocycles. The molecule has 1 nitrogen and oxygen atoms in total. The number of thioether (sulfide) groups is 1. The van der Waals surface area contributed by atoms with Gasteiger partial charge in [0.1, 0.15) is 0 Å². The second-order valence-corrected chi connectivity index (χ2v) is 5.29. The van der Waals surface area contributed by atoms with Crippen LogP contribution in [0.25, 0.3) is 0 Å². The number of rotatable bonds is 5. The van der Waals surface area contributed by atoms with Gasteiger partial charge < -0.3 is 5.32 Å². The van der Waals surface area contributed by atoms with Gasteiger partial charge in [-0.2, -0.15) is 11.8 Å². The van der Waals surface area contributed by atoms with Crippen molar-refractivity contribution in [3.05, 3.63) is 0 Å². The van der Waals surface area contributed by atoms with Crippen molar-refractivity contribution < 1.29 is 0 Å². The summed E-state index contributed by atoms with van der Waals surface area (Å²) >= 11 is 2.18. The molecule has 2 heteroatoms. The topological polar surface area (TPSA) is 12.0 Å². The third kappa shape index (κ3) is 3.90. The molecule has 0 aromatic rings. The third-order valence-corrected chi connectivity index (χ3v) is 4.42. The normalized spacial score (nSPS) is 25.8. The predicted molar refractivity (Wildman–Crippen MR) is 62.5 cm³/mol. The van der Waals surface area contributed by atoms with Crippen LogP contribution < -0.4 is 5.32 Å². The zero-order valence-electron chi connectivity index (χ0n) is 9.01. The molecule has 13 heavy (non-hydrogen) atoms. The van der Waals surface area contributed by atoms with Gasteiger partial charge in [-0.1, -0.05) is 26.2 Å². The highest BCUT2D eigenvalue weighted by atomic mass is 32.2. The predicted octanol–water partition coefficient (Wildman–Crippen LogP) is 3.05. The summed E-state index contributed by atoms with van der Waals surface area (Å²) in [6.45, 7) is 2.28. The molecule has 0 bridgehead atoms. The smallest absolute Gasteiger partial charge is 0.0201 e. The van der Waals surface area contributed by atoms with Gasteiger partial charge in [0.15, 0.2) is 0 Å². The molecule has 1 saturated heterocycles. The van der Waals surface area contributed by atoms with Gasteiger partial charge in [-0.15, -0.1) is 0 Å². The molecular formula is C11H23NS. The maximum absolute atomic E-state index is 3.49. The van der Waals surface area contributed by atoms with E-state index < -0.39 is 0 Å². The number of hydrogen-bond donors (Lipinski definition) is 1. The molecule has 1 rings (SSSR count). The molecule has 0 amide bonds. The van der Waals surface area contributed by atoms with E-state index in [0.717, 1.165) is 11.3 Å². The lowest BCUT2D eigenvalue weighted by Crippen LogP contribution is -2.37. The van der Waals surface area contributed by atoms with Crippen LogP contribution >= 0.6 is 11.8 Å². The summed E-state index contributed by atoms with van der Waals surface area (Å²) in [5, 5.41) is 4.38. The fourth-order valence-corrected chi connectivity index (χ4v) is 3.53. The fourth-order valence-electron chi connectivity index (χ4n) is 2.02. The Hall–Kier alpha value is 0.310. The Bertz CT molecular complexity index is 121. The van der Waals surface area contributed by atoms with E-state index in [1.54, 1.807) is 0 Å². The first-order chi connectivity index (χ1) is 6.38. The standard InChI is InChI=1S/C11H23NS/c1-3-4-7-10(12-2)11-8-5-6-9-13-11/h10-12H,3-9H2,1-2H3. The zero-order chi connectivity index (χ0) is 9.52. The van der Waals surface area contributed by atoms with E-state index in [2.05, 4.69) is 31.1 Å². The van der Waals surface area contributed by atoms with Gasteiger partial charge in [-0.3, -0.25) is 0 Å². The lowest BCUT2D eigenvalue weighted by Gasteiger charge is -2.29. The number of hydrogen-bond acceptors (Lipinski definition) is 2. The molecule has 1 aliphatic heterocycles. The van der Waals surface area contributed by atoms with Crippen molar-refractivity contribution in [1.29, 1.82) is 0 Å². The molecule has 1 heterocycles. The number of unbranched alkanes of at least 4 members (excludes halogenated alkanes) is 1. The van der Waals surface area contributed by atoms with E-state index >= 15 is 0 Å². The molecule has 1 N–H and O–H groups in total. The minimum absolute atomic E-state index is 0.769. The SMILES string of the molecule is CCCCC(NC)C1CCCCS1. The van der Waals surface area contributed by atoms with Crippen molar-refractivity contribution in [2.75, 3.05) is 12.8 Å². The van der Waals surface area contributed by atoms with E-state index in [1.165, 1.54) is 44.3 Å². The Balaban J connectivity index is 2.26. The highest BCUT2D eigenvalue weighted by molar-refractivity contribution is 8.00. The van der Waals surface area contributed by atoms with Crippen LogP contribution in [0.4, 0.5) is 0 Å². The van der Waals surface area contributed by atoms with Gasteiger partial charge >= 0.3 is 0 Å². The highest BCUT2D eigenvalue weighted by Crippen LogP contribution is 2.29. The summed E-state index contributed by atoms with van der Waals surface area (Å²) < 4.78 is 0. The Morgan fingerprint density at radius 3 is 2.85 bits per heavy atom. The van der Waals surface area contributed by atoms with Crippen molar-refractivity contribution in [3.8, 4) is 0 Å². The molecule has 1 fully saturated rings. The fraction of sp³-hybridized carbons (Fsp3) is 1.00. The first-order valence-electron chi connectivity index (χ1n) is 5.67. The van der Waals surface area contributed by atoms with Crippen LogP contribution in [0.15, 0.2) is 0 Å². The van der Waals surface area contributed by atoms with Gasteiger partial charge in [0.2, 0.25) is 0 Å². The summed E-state index contributed by atoms with van der Waals surface area (Å²) in [4.78, 5) is 0. The van der Waals surface area contributed by atoms with Crippen LogP contribution in [0.1, 0.15) is 45.4 Å². The Morgan fingerprint density at radius 2 is 2.31 bits per heavy atom. The van der Waals surface area contributed by atoms with E-state index in [0.29, 0.717) is 0 Å². The molecule has 0 radical (unpaired) electrons. The van der Waals surface area contributed by atoms with Crippen LogP contribution in [0.2, 0.25) is 0 Å². The lowest BCUT2D eigenvalue weighted by atomic mass is 10.0. The van der Waals surface area contributed by atoms with E-state index in [1.807, 2.05) is 0 Å². The molecule has 2 atom stereocenters. The number of nitrogens with one attached hydrogen (secondary N) is 1. The minimum Gasteiger partial charge on any atom is -0.316 e. The second-order valence-electron chi connectivity index (χ2n) is 3.94. The van der Waals surface area contributed by atoms with E-state index in [-0.39, 0.29) is 0 Å². The summed E-state index contributed by atoms with van der Waals surface area (Å²) in [7, 11) is 2.12. The summed E-state index contributed by atoms with van der Waals surface area (Å²) in [6, 6.07) is 0.769. The molecule has 2 unspecified atom stereocenters. The maximum Gasteiger partial charge on any atom is 0.0201 e. The average Bonchev–Trinajstić information content (AvgIpc) is 2.21. The van der Waals surface area contributed by atoms with E-state index in [4.69, 9.17) is 0 Å². The van der Waals surface area contributed by atoms with Crippen molar-refractivity contribution in [3.63, 3.8) is 0 Å². The van der Waals surface area contributed by atoms with Gasteiger partial charge in [-0.05, 0) is 32.1 Å². The average molecular weight is 201 g/mol. The third-order valence-electron chi connectivity index (χ3n) is 2.90. The van der Waals surface area contributed by atoms with Gasteiger partial charge in [-0.25, -0.2) is 0 Å². The Labute approximate surface area is 87.1 Å². The first-order valence-corrected chi connectivity index (χ1v) is 6.72. The largest absolute Gasteiger partial charge is 0.316 e. The Morgan fingerprint density at radius 1 is 1.46 bits per heavy atom. The monoisotopic (exact) mass is 201 g/mol. The molecule has 0 spiro atoms. The van der Waals surface area contributed by atoms with Crippen LogP contribution in [-0.4, -0.2) is 24.1 Å². The molecule has 1 aliphatic rings. The van der Waals surface area contributed by atoms with Gasteiger partial charge in [0.05, 0.1) is 0 Å². The zero-order valence-corrected chi connectivity index (χ0v) is 9.83. The second kappa shape index (κ2) is 6.72. The summed E-state index contributed by atoms with van der Waals surface area (Å²) in [6.07, 6.45) is 8.38. The summed E-state index contributed by atoms with van der Waals surface area (Å²) in [5.74, 6) is 1.38. The van der Waals surface area contributed by atoms with Gasteiger partial charge in [0.25, 0.3) is 0 Å². The van der Waals surface area contributed by atoms with Crippen molar-refractivity contribution in [2.45, 2.75) is 56.7 Å². The molecule has 0 aliphatic carbocycles. The summed E-state index contributed by atoms with van der Waals surface area (Å²) in [5.41, 5.74) is 0. The molecule has 0 aromatic carbocycles. The van der Waals surface area contributed by atoms with Crippen molar-refractivity contribution in [2.24, 2.45) is 0 Å². The van der Waals surface area contributed by atoms with Crippen LogP contribution in [-0.2, 0) is 0 Å². The van der Waals surface area contributed by atoms with Crippen LogP contribution in [0, 0.1) is 0 Å². The first kappa shape index (κ1) is 11.4. The molecule has 0 aromatic heterocycles.